The van der Waals surface area contributed by atoms with Crippen LogP contribution in [0.3, 0.4) is 0 Å². The fourth-order valence-electron chi connectivity index (χ4n) is 3.60. The quantitative estimate of drug-likeness (QED) is 0.564. The Labute approximate surface area is 106 Å². The van der Waals surface area contributed by atoms with Gasteiger partial charge in [0.2, 0.25) is 0 Å². The van der Waals surface area contributed by atoms with Crippen molar-refractivity contribution in [1.82, 2.24) is 5.32 Å². The number of rotatable bonds is 6. The molecule has 2 aliphatic rings. The molecule has 17 heavy (non-hydrogen) atoms. The van der Waals surface area contributed by atoms with Crippen LogP contribution in [-0.4, -0.2) is 19.2 Å². The molecule has 2 aliphatic carbocycles. The van der Waals surface area contributed by atoms with E-state index in [0.717, 1.165) is 37.5 Å². The van der Waals surface area contributed by atoms with Crippen molar-refractivity contribution in [3.63, 3.8) is 0 Å². The molecule has 1 N–H and O–H groups in total. The minimum Gasteiger partial charge on any atom is -0.502 e. The zero-order valence-corrected chi connectivity index (χ0v) is 11.0. The molecule has 0 bridgehead atoms. The van der Waals surface area contributed by atoms with E-state index in [1.54, 1.807) is 0 Å². The summed E-state index contributed by atoms with van der Waals surface area (Å²) in [6, 6.07) is 0.776. The van der Waals surface area contributed by atoms with Gasteiger partial charge in [-0.15, -0.1) is 0 Å². The highest BCUT2D eigenvalue weighted by atomic mass is 16.5. The van der Waals surface area contributed by atoms with Gasteiger partial charge in [0.1, 0.15) is 0 Å². The summed E-state index contributed by atoms with van der Waals surface area (Å²) in [6.07, 6.45) is 12.9. The molecule has 0 aromatic carbocycles. The maximum atomic E-state index is 5.13. The fraction of sp³-hybridized carbons (Fsp3) is 0.867. The van der Waals surface area contributed by atoms with Crippen LogP contribution < -0.4 is 5.32 Å². The van der Waals surface area contributed by atoms with E-state index in [-0.39, 0.29) is 0 Å². The molecule has 0 spiro atoms. The molecule has 3 unspecified atom stereocenters. The van der Waals surface area contributed by atoms with Gasteiger partial charge in [-0.25, -0.2) is 0 Å². The zero-order valence-electron chi connectivity index (χ0n) is 11.0. The van der Waals surface area contributed by atoms with Crippen molar-refractivity contribution in [2.75, 3.05) is 13.2 Å². The van der Waals surface area contributed by atoms with Crippen molar-refractivity contribution in [3.05, 3.63) is 12.8 Å². The Hall–Kier alpha value is -0.500. The summed E-state index contributed by atoms with van der Waals surface area (Å²) in [5.41, 5.74) is 0. The third kappa shape index (κ3) is 4.02. The van der Waals surface area contributed by atoms with E-state index in [0.29, 0.717) is 0 Å². The molecule has 0 radical (unpaired) electrons. The Morgan fingerprint density at radius 1 is 1.12 bits per heavy atom. The second-order valence-corrected chi connectivity index (χ2v) is 5.66. The SMILES string of the molecule is C=COCCCNC1CCC2CCCCC2C1. The monoisotopic (exact) mass is 237 g/mol. The van der Waals surface area contributed by atoms with E-state index in [2.05, 4.69) is 11.9 Å². The largest absolute Gasteiger partial charge is 0.502 e. The van der Waals surface area contributed by atoms with E-state index in [1.807, 2.05) is 0 Å². The highest BCUT2D eigenvalue weighted by molar-refractivity contribution is 4.86. The Bertz CT molecular complexity index is 229. The molecule has 2 saturated carbocycles. The molecule has 2 nitrogen and oxygen atoms in total. The first-order chi connectivity index (χ1) is 8.40. The first kappa shape index (κ1) is 12.9. The number of hydrogen-bond donors (Lipinski definition) is 1. The lowest BCUT2D eigenvalue weighted by Crippen LogP contribution is -2.39. The Morgan fingerprint density at radius 2 is 1.94 bits per heavy atom. The van der Waals surface area contributed by atoms with Crippen molar-refractivity contribution >= 4 is 0 Å². The zero-order chi connectivity index (χ0) is 11.9. The Balaban J connectivity index is 1.60. The molecule has 0 amide bonds. The highest BCUT2D eigenvalue weighted by Gasteiger charge is 2.31. The van der Waals surface area contributed by atoms with Gasteiger partial charge in [0.05, 0.1) is 12.9 Å². The van der Waals surface area contributed by atoms with Crippen LogP contribution in [0.4, 0.5) is 0 Å². The standard InChI is InChI=1S/C15H27NO/c1-2-17-11-5-10-16-15-9-8-13-6-3-4-7-14(13)12-15/h2,13-16H,1,3-12H2. The van der Waals surface area contributed by atoms with Gasteiger partial charge in [0.15, 0.2) is 0 Å². The average Bonchev–Trinajstić information content (AvgIpc) is 2.38. The van der Waals surface area contributed by atoms with Crippen LogP contribution in [0, 0.1) is 11.8 Å². The number of hydrogen-bond acceptors (Lipinski definition) is 2. The lowest BCUT2D eigenvalue weighted by atomic mass is 9.69. The minimum atomic E-state index is 0.776. The van der Waals surface area contributed by atoms with Gasteiger partial charge < -0.3 is 10.1 Å². The van der Waals surface area contributed by atoms with Crippen LogP contribution in [0.5, 0.6) is 0 Å². The third-order valence-electron chi connectivity index (χ3n) is 4.53. The van der Waals surface area contributed by atoms with E-state index >= 15 is 0 Å². The second kappa shape index (κ2) is 7.05. The number of nitrogens with one attached hydrogen (secondary N) is 1. The first-order valence-electron chi connectivity index (χ1n) is 7.36. The van der Waals surface area contributed by atoms with Gasteiger partial charge in [-0.2, -0.15) is 0 Å². The van der Waals surface area contributed by atoms with E-state index in [9.17, 15) is 0 Å². The third-order valence-corrected chi connectivity index (χ3v) is 4.53. The summed E-state index contributed by atoms with van der Waals surface area (Å²) in [5, 5.41) is 3.70. The van der Waals surface area contributed by atoms with Crippen LogP contribution in [-0.2, 0) is 4.74 Å². The predicted octanol–water partition coefficient (Wildman–Crippen LogP) is 3.49. The van der Waals surface area contributed by atoms with Crippen molar-refractivity contribution in [2.24, 2.45) is 11.8 Å². The lowest BCUT2D eigenvalue weighted by molar-refractivity contribution is 0.142. The van der Waals surface area contributed by atoms with Gasteiger partial charge in [-0.1, -0.05) is 32.3 Å². The molecule has 0 heterocycles. The Kier molecular flexibility index (Phi) is 5.37. The molecule has 3 atom stereocenters. The van der Waals surface area contributed by atoms with Gasteiger partial charge in [-0.05, 0) is 44.1 Å². The second-order valence-electron chi connectivity index (χ2n) is 5.66. The summed E-state index contributed by atoms with van der Waals surface area (Å²) in [7, 11) is 0. The van der Waals surface area contributed by atoms with Crippen molar-refractivity contribution in [3.8, 4) is 0 Å². The molecule has 98 valence electrons. The predicted molar refractivity (Wildman–Crippen MR) is 71.9 cm³/mol. The van der Waals surface area contributed by atoms with Crippen LogP contribution in [0.1, 0.15) is 51.4 Å². The van der Waals surface area contributed by atoms with E-state index < -0.39 is 0 Å². The van der Waals surface area contributed by atoms with Crippen LogP contribution in [0.25, 0.3) is 0 Å². The smallest absolute Gasteiger partial charge is 0.0885 e. The number of ether oxygens (including phenoxy) is 1. The van der Waals surface area contributed by atoms with Crippen molar-refractivity contribution < 1.29 is 4.74 Å². The molecule has 0 aliphatic heterocycles. The maximum absolute atomic E-state index is 5.13. The van der Waals surface area contributed by atoms with Gasteiger partial charge in [0, 0.05) is 6.04 Å². The molecule has 2 fully saturated rings. The molecular weight excluding hydrogens is 210 g/mol. The highest BCUT2D eigenvalue weighted by Crippen LogP contribution is 2.40. The summed E-state index contributed by atoms with van der Waals surface area (Å²) in [5.74, 6) is 2.09. The van der Waals surface area contributed by atoms with E-state index in [4.69, 9.17) is 4.74 Å². The topological polar surface area (TPSA) is 21.3 Å². The molecule has 0 aromatic rings. The van der Waals surface area contributed by atoms with Crippen LogP contribution >= 0.6 is 0 Å². The van der Waals surface area contributed by atoms with Gasteiger partial charge >= 0.3 is 0 Å². The molecule has 2 heteroatoms. The van der Waals surface area contributed by atoms with Crippen molar-refractivity contribution in [2.45, 2.75) is 57.4 Å². The summed E-state index contributed by atoms with van der Waals surface area (Å²) < 4.78 is 5.13. The fourth-order valence-corrected chi connectivity index (χ4v) is 3.60. The lowest BCUT2D eigenvalue weighted by Gasteiger charge is -2.39. The van der Waals surface area contributed by atoms with E-state index in [1.165, 1.54) is 51.2 Å². The first-order valence-corrected chi connectivity index (χ1v) is 7.36. The van der Waals surface area contributed by atoms with Gasteiger partial charge in [0.25, 0.3) is 0 Å². The van der Waals surface area contributed by atoms with Crippen molar-refractivity contribution in [1.29, 1.82) is 0 Å². The summed E-state index contributed by atoms with van der Waals surface area (Å²) in [6.45, 7) is 5.44. The minimum absolute atomic E-state index is 0.776. The molecule has 0 saturated heterocycles. The average molecular weight is 237 g/mol. The normalized spacial score (nSPS) is 32.8. The Morgan fingerprint density at radius 3 is 2.76 bits per heavy atom. The molecule has 0 aromatic heterocycles. The molecular formula is C15H27NO. The van der Waals surface area contributed by atoms with Crippen LogP contribution in [0.2, 0.25) is 0 Å². The summed E-state index contributed by atoms with van der Waals surface area (Å²) in [4.78, 5) is 0. The number of fused-ring (bicyclic) bond motifs is 1. The maximum Gasteiger partial charge on any atom is 0.0885 e. The summed E-state index contributed by atoms with van der Waals surface area (Å²) >= 11 is 0. The van der Waals surface area contributed by atoms with Gasteiger partial charge in [-0.3, -0.25) is 0 Å². The van der Waals surface area contributed by atoms with Crippen LogP contribution in [0.15, 0.2) is 12.8 Å². The molecule has 2 rings (SSSR count).